The average molecular weight is 459 g/mol. The summed E-state index contributed by atoms with van der Waals surface area (Å²) < 4.78 is 11.2. The van der Waals surface area contributed by atoms with Crippen LogP contribution in [-0.2, 0) is 16.0 Å². The molecule has 2 aromatic rings. The number of imide groups is 2. The van der Waals surface area contributed by atoms with Crippen molar-refractivity contribution in [3.05, 3.63) is 57.6 Å². The third-order valence-electron chi connectivity index (χ3n) is 4.47. The number of nitrogens with zero attached hydrogens (tertiary/aromatic N) is 1. The summed E-state index contributed by atoms with van der Waals surface area (Å²) in [4.78, 5) is 38.6. The Balaban J connectivity index is 2.02. The van der Waals surface area contributed by atoms with E-state index in [0.717, 1.165) is 16.9 Å². The van der Waals surface area contributed by atoms with Gasteiger partial charge in [-0.15, -0.1) is 0 Å². The highest BCUT2D eigenvalue weighted by atomic mass is 79.9. The van der Waals surface area contributed by atoms with Crippen LogP contribution in [0.2, 0.25) is 0 Å². The molecule has 0 spiro atoms. The van der Waals surface area contributed by atoms with Crippen LogP contribution in [0.1, 0.15) is 18.1 Å². The van der Waals surface area contributed by atoms with Gasteiger partial charge in [0.2, 0.25) is 0 Å². The topological polar surface area (TPSA) is 84.9 Å². The number of methoxy groups -OCH3 is 2. The summed E-state index contributed by atoms with van der Waals surface area (Å²) in [5, 5.41) is 2.21. The maximum absolute atomic E-state index is 13.0. The standard InChI is InChI=1S/C21H19BrN2O5/c1-4-12-5-7-14(8-6-12)24-20(26)15(19(25)23-21(24)27)9-13-10-16(22)18(29-3)17(11-13)28-2/h5-11H,4H2,1-3H3,(H,23,25,27)/b15-9+. The van der Waals surface area contributed by atoms with E-state index < -0.39 is 17.8 Å². The van der Waals surface area contributed by atoms with Crippen molar-refractivity contribution in [2.75, 3.05) is 19.1 Å². The molecule has 0 aromatic heterocycles. The van der Waals surface area contributed by atoms with Gasteiger partial charge in [-0.3, -0.25) is 14.9 Å². The SMILES string of the molecule is CCc1ccc(N2C(=O)NC(=O)/C(=C\c3cc(Br)c(OC)c(OC)c3)C2=O)cc1. The zero-order valence-electron chi connectivity index (χ0n) is 16.1. The molecule has 0 unspecified atom stereocenters. The van der Waals surface area contributed by atoms with E-state index in [1.165, 1.54) is 20.3 Å². The number of hydrogen-bond donors (Lipinski definition) is 1. The lowest BCUT2D eigenvalue weighted by molar-refractivity contribution is -0.122. The van der Waals surface area contributed by atoms with Crippen LogP contribution in [0.5, 0.6) is 11.5 Å². The van der Waals surface area contributed by atoms with Gasteiger partial charge in [0, 0.05) is 0 Å². The number of hydrogen-bond acceptors (Lipinski definition) is 5. The molecule has 1 heterocycles. The van der Waals surface area contributed by atoms with Crippen molar-refractivity contribution < 1.29 is 23.9 Å². The average Bonchev–Trinajstić information content (AvgIpc) is 2.71. The van der Waals surface area contributed by atoms with E-state index in [1.54, 1.807) is 24.3 Å². The fraction of sp³-hybridized carbons (Fsp3) is 0.190. The molecule has 8 heteroatoms. The molecule has 1 fully saturated rings. The van der Waals surface area contributed by atoms with Crippen LogP contribution in [0.25, 0.3) is 6.08 Å². The number of ether oxygens (including phenoxy) is 2. The number of benzene rings is 2. The summed E-state index contributed by atoms with van der Waals surface area (Å²) in [6.45, 7) is 2.01. The van der Waals surface area contributed by atoms with Crippen LogP contribution in [-0.4, -0.2) is 32.1 Å². The second-order valence-electron chi connectivity index (χ2n) is 6.22. The first-order valence-corrected chi connectivity index (χ1v) is 9.60. The molecule has 0 bridgehead atoms. The van der Waals surface area contributed by atoms with Crippen molar-refractivity contribution in [3.8, 4) is 11.5 Å². The molecule has 7 nitrogen and oxygen atoms in total. The third-order valence-corrected chi connectivity index (χ3v) is 5.06. The quantitative estimate of drug-likeness (QED) is 0.545. The predicted octanol–water partition coefficient (Wildman–Crippen LogP) is 3.70. The molecule has 29 heavy (non-hydrogen) atoms. The van der Waals surface area contributed by atoms with Crippen LogP contribution in [0, 0.1) is 0 Å². The number of barbiturate groups is 1. The first kappa shape index (κ1) is 20.6. The number of carbonyl (C=O) groups excluding carboxylic acids is 3. The van der Waals surface area contributed by atoms with Crippen LogP contribution in [0.3, 0.4) is 0 Å². The molecule has 3 rings (SSSR count). The van der Waals surface area contributed by atoms with E-state index in [1.807, 2.05) is 19.1 Å². The summed E-state index contributed by atoms with van der Waals surface area (Å²) in [7, 11) is 2.99. The first-order chi connectivity index (χ1) is 13.9. The van der Waals surface area contributed by atoms with Crippen molar-refractivity contribution >= 4 is 45.5 Å². The van der Waals surface area contributed by atoms with E-state index in [9.17, 15) is 14.4 Å². The molecule has 1 N–H and O–H groups in total. The number of anilines is 1. The summed E-state index contributed by atoms with van der Waals surface area (Å²) in [5.74, 6) is -0.538. The maximum atomic E-state index is 13.0. The van der Waals surface area contributed by atoms with Gasteiger partial charge in [0.1, 0.15) is 5.57 Å². The van der Waals surface area contributed by atoms with Gasteiger partial charge in [0.05, 0.1) is 24.4 Å². The molecule has 1 saturated heterocycles. The maximum Gasteiger partial charge on any atom is 0.335 e. The van der Waals surface area contributed by atoms with Crippen molar-refractivity contribution in [3.63, 3.8) is 0 Å². The van der Waals surface area contributed by atoms with Crippen LogP contribution in [0.15, 0.2) is 46.4 Å². The third kappa shape index (κ3) is 4.02. The predicted molar refractivity (Wildman–Crippen MR) is 112 cm³/mol. The van der Waals surface area contributed by atoms with E-state index in [4.69, 9.17) is 9.47 Å². The number of halogens is 1. The van der Waals surface area contributed by atoms with E-state index in [2.05, 4.69) is 21.2 Å². The Labute approximate surface area is 176 Å². The van der Waals surface area contributed by atoms with E-state index in [-0.39, 0.29) is 5.57 Å². The normalized spacial score (nSPS) is 15.5. The van der Waals surface area contributed by atoms with E-state index in [0.29, 0.717) is 27.2 Å². The fourth-order valence-corrected chi connectivity index (χ4v) is 3.58. The minimum atomic E-state index is -0.783. The van der Waals surface area contributed by atoms with E-state index >= 15 is 0 Å². The smallest absolute Gasteiger partial charge is 0.335 e. The van der Waals surface area contributed by atoms with Gasteiger partial charge in [0.25, 0.3) is 11.8 Å². The molecule has 1 aliphatic rings. The summed E-state index contributed by atoms with van der Waals surface area (Å²) in [6, 6.07) is 9.56. The molecular weight excluding hydrogens is 440 g/mol. The van der Waals surface area contributed by atoms with Crippen molar-refractivity contribution in [1.82, 2.24) is 5.32 Å². The Morgan fingerprint density at radius 2 is 1.76 bits per heavy atom. The van der Waals surface area contributed by atoms with Crippen molar-refractivity contribution in [2.24, 2.45) is 0 Å². The zero-order valence-corrected chi connectivity index (χ0v) is 17.7. The van der Waals surface area contributed by atoms with Crippen LogP contribution in [0.4, 0.5) is 10.5 Å². The molecular formula is C21H19BrN2O5. The second kappa shape index (κ2) is 8.48. The van der Waals surface area contributed by atoms with Gasteiger partial charge >= 0.3 is 6.03 Å². The van der Waals surface area contributed by atoms with Crippen LogP contribution < -0.4 is 19.7 Å². The highest BCUT2D eigenvalue weighted by molar-refractivity contribution is 9.10. The Morgan fingerprint density at radius 3 is 2.34 bits per heavy atom. The van der Waals surface area contributed by atoms with Gasteiger partial charge in [-0.1, -0.05) is 19.1 Å². The van der Waals surface area contributed by atoms with Gasteiger partial charge in [-0.2, -0.15) is 0 Å². The lowest BCUT2D eigenvalue weighted by atomic mass is 10.1. The van der Waals surface area contributed by atoms with Crippen molar-refractivity contribution in [2.45, 2.75) is 13.3 Å². The van der Waals surface area contributed by atoms with Gasteiger partial charge in [-0.25, -0.2) is 9.69 Å². The van der Waals surface area contributed by atoms with Crippen LogP contribution >= 0.6 is 15.9 Å². The molecule has 0 aliphatic carbocycles. The molecule has 0 saturated carbocycles. The Bertz CT molecular complexity index is 1010. The lowest BCUT2D eigenvalue weighted by Gasteiger charge is -2.26. The van der Waals surface area contributed by atoms with Gasteiger partial charge in [0.15, 0.2) is 11.5 Å². The molecule has 2 aromatic carbocycles. The Hall–Kier alpha value is -3.13. The lowest BCUT2D eigenvalue weighted by Crippen LogP contribution is -2.54. The minimum absolute atomic E-state index is 0.164. The van der Waals surface area contributed by atoms with Gasteiger partial charge in [-0.05, 0) is 63.8 Å². The number of urea groups is 1. The number of carbonyl (C=O) groups is 3. The Kier molecular flexibility index (Phi) is 6.03. The zero-order chi connectivity index (χ0) is 21.1. The highest BCUT2D eigenvalue weighted by Gasteiger charge is 2.36. The minimum Gasteiger partial charge on any atom is -0.493 e. The molecule has 0 atom stereocenters. The summed E-state index contributed by atoms with van der Waals surface area (Å²) in [5.41, 5.74) is 1.82. The number of aryl methyl sites for hydroxylation is 1. The first-order valence-electron chi connectivity index (χ1n) is 8.81. The largest absolute Gasteiger partial charge is 0.493 e. The molecule has 0 radical (unpaired) electrons. The monoisotopic (exact) mass is 458 g/mol. The van der Waals surface area contributed by atoms with Crippen molar-refractivity contribution in [1.29, 1.82) is 0 Å². The summed E-state index contributed by atoms with van der Waals surface area (Å²) >= 11 is 3.38. The van der Waals surface area contributed by atoms with Gasteiger partial charge < -0.3 is 9.47 Å². The number of rotatable bonds is 5. The second-order valence-corrected chi connectivity index (χ2v) is 7.07. The highest BCUT2D eigenvalue weighted by Crippen LogP contribution is 2.37. The fourth-order valence-electron chi connectivity index (χ4n) is 2.96. The number of nitrogens with one attached hydrogen (secondary N) is 1. The number of amides is 4. The summed E-state index contributed by atoms with van der Waals surface area (Å²) in [6.07, 6.45) is 2.24. The Morgan fingerprint density at radius 1 is 1.07 bits per heavy atom. The molecule has 1 aliphatic heterocycles. The molecule has 4 amide bonds. The molecule has 150 valence electrons.